The van der Waals surface area contributed by atoms with Gasteiger partial charge in [0, 0.05) is 37.0 Å². The fourth-order valence-electron chi connectivity index (χ4n) is 3.98. The average Bonchev–Trinajstić information content (AvgIpc) is 2.69. The Morgan fingerprint density at radius 3 is 2.86 bits per heavy atom. The van der Waals surface area contributed by atoms with Gasteiger partial charge in [-0.25, -0.2) is 0 Å². The number of nitrogens with one attached hydrogen (secondary N) is 1. The van der Waals surface area contributed by atoms with Gasteiger partial charge >= 0.3 is 0 Å². The number of amides is 1. The van der Waals surface area contributed by atoms with E-state index in [-0.39, 0.29) is 17.4 Å². The number of nitrogens with zero attached hydrogens (tertiary/aromatic N) is 1. The molecule has 2 atom stereocenters. The molecule has 0 saturated carbocycles. The molecular formula is C23H29ClN2O2. The predicted molar refractivity (Wildman–Crippen MR) is 112 cm³/mol. The average molecular weight is 401 g/mol. The molecule has 1 fully saturated rings. The zero-order valence-corrected chi connectivity index (χ0v) is 17.4. The number of hydrogen-bond donors (Lipinski definition) is 1. The lowest BCUT2D eigenvalue weighted by Gasteiger charge is -2.42. The second-order valence-corrected chi connectivity index (χ2v) is 8.60. The number of benzene rings is 1. The van der Waals surface area contributed by atoms with Crippen LogP contribution in [-0.2, 0) is 22.5 Å². The molecule has 0 bridgehead atoms. The van der Waals surface area contributed by atoms with Crippen LogP contribution in [0.1, 0.15) is 44.2 Å². The number of rotatable bonds is 7. The molecule has 0 unspecified atom stereocenters. The molecule has 4 nitrogen and oxygen atoms in total. The Kier molecular flexibility index (Phi) is 7.08. The summed E-state index contributed by atoms with van der Waals surface area (Å²) in [6.07, 6.45) is 6.69. The van der Waals surface area contributed by atoms with Crippen molar-refractivity contribution < 1.29 is 9.53 Å². The van der Waals surface area contributed by atoms with Crippen molar-refractivity contribution in [2.75, 3.05) is 6.61 Å². The van der Waals surface area contributed by atoms with Crippen LogP contribution in [-0.4, -0.2) is 23.6 Å². The summed E-state index contributed by atoms with van der Waals surface area (Å²) in [7, 11) is 0. The lowest BCUT2D eigenvalue weighted by Crippen LogP contribution is -2.42. The second-order valence-electron chi connectivity index (χ2n) is 8.19. The molecule has 0 aliphatic carbocycles. The van der Waals surface area contributed by atoms with Crippen molar-refractivity contribution in [3.05, 3.63) is 64.9 Å². The number of hydrogen-bond acceptors (Lipinski definition) is 3. The Hall–Kier alpha value is -1.91. The zero-order valence-electron chi connectivity index (χ0n) is 16.7. The van der Waals surface area contributed by atoms with E-state index >= 15 is 0 Å². The second kappa shape index (κ2) is 9.53. The molecule has 1 aliphatic rings. The van der Waals surface area contributed by atoms with Crippen LogP contribution in [0.25, 0.3) is 0 Å². The van der Waals surface area contributed by atoms with E-state index in [1.165, 1.54) is 0 Å². The molecule has 150 valence electrons. The first kappa shape index (κ1) is 20.8. The molecule has 0 radical (unpaired) electrons. The third-order valence-electron chi connectivity index (χ3n) is 5.61. The van der Waals surface area contributed by atoms with E-state index in [1.54, 1.807) is 12.4 Å². The van der Waals surface area contributed by atoms with Crippen molar-refractivity contribution in [2.24, 2.45) is 11.3 Å². The maximum absolute atomic E-state index is 12.8. The summed E-state index contributed by atoms with van der Waals surface area (Å²) >= 11 is 6.44. The van der Waals surface area contributed by atoms with Crippen LogP contribution in [0.3, 0.4) is 0 Å². The molecule has 1 aromatic carbocycles. The van der Waals surface area contributed by atoms with Crippen molar-refractivity contribution in [1.29, 1.82) is 0 Å². The third-order valence-corrected chi connectivity index (χ3v) is 5.98. The first-order valence-corrected chi connectivity index (χ1v) is 10.4. The summed E-state index contributed by atoms with van der Waals surface area (Å²) in [5, 5.41) is 3.83. The Bertz CT molecular complexity index is 781. The van der Waals surface area contributed by atoms with E-state index in [0.717, 1.165) is 35.4 Å². The molecule has 2 heterocycles. The minimum atomic E-state index is -0.142. The number of ether oxygens (including phenoxy) is 1. The van der Waals surface area contributed by atoms with Gasteiger partial charge in [-0.3, -0.25) is 9.78 Å². The first-order chi connectivity index (χ1) is 13.5. The zero-order chi connectivity index (χ0) is 20.0. The van der Waals surface area contributed by atoms with Crippen LogP contribution in [0.2, 0.25) is 5.02 Å². The predicted octanol–water partition coefficient (Wildman–Crippen LogP) is 4.81. The molecular weight excluding hydrogens is 372 g/mol. The fourth-order valence-corrected chi connectivity index (χ4v) is 4.18. The minimum Gasteiger partial charge on any atom is -0.378 e. The molecule has 5 heteroatoms. The molecule has 1 aliphatic heterocycles. The van der Waals surface area contributed by atoms with E-state index < -0.39 is 0 Å². The fraction of sp³-hybridized carbons (Fsp3) is 0.478. The van der Waals surface area contributed by atoms with Crippen LogP contribution in [0, 0.1) is 11.3 Å². The lowest BCUT2D eigenvalue weighted by molar-refractivity contribution is -0.128. The van der Waals surface area contributed by atoms with E-state index in [9.17, 15) is 4.79 Å². The van der Waals surface area contributed by atoms with Gasteiger partial charge in [-0.2, -0.15) is 0 Å². The van der Waals surface area contributed by atoms with E-state index in [4.69, 9.17) is 16.3 Å². The normalized spacial score (nSPS) is 22.2. The van der Waals surface area contributed by atoms with Crippen LogP contribution < -0.4 is 5.32 Å². The summed E-state index contributed by atoms with van der Waals surface area (Å²) in [5.41, 5.74) is 1.97. The monoisotopic (exact) mass is 400 g/mol. The van der Waals surface area contributed by atoms with E-state index in [0.29, 0.717) is 25.5 Å². The number of carbonyl (C=O) groups is 1. The van der Waals surface area contributed by atoms with E-state index in [1.807, 2.05) is 30.3 Å². The van der Waals surface area contributed by atoms with Crippen molar-refractivity contribution in [3.63, 3.8) is 0 Å². The Morgan fingerprint density at radius 2 is 2.14 bits per heavy atom. The Morgan fingerprint density at radius 1 is 1.32 bits per heavy atom. The molecule has 3 rings (SSSR count). The lowest BCUT2D eigenvalue weighted by atomic mass is 9.69. The summed E-state index contributed by atoms with van der Waals surface area (Å²) in [6.45, 7) is 5.54. The van der Waals surface area contributed by atoms with Gasteiger partial charge in [0.15, 0.2) is 0 Å². The maximum atomic E-state index is 12.8. The van der Waals surface area contributed by atoms with Crippen LogP contribution in [0.15, 0.2) is 48.8 Å². The molecule has 28 heavy (non-hydrogen) atoms. The Labute approximate surface area is 172 Å². The van der Waals surface area contributed by atoms with E-state index in [2.05, 4.69) is 30.2 Å². The van der Waals surface area contributed by atoms with Crippen LogP contribution >= 0.6 is 11.6 Å². The van der Waals surface area contributed by atoms with Crippen LogP contribution in [0.5, 0.6) is 0 Å². The topological polar surface area (TPSA) is 51.2 Å². The summed E-state index contributed by atoms with van der Waals surface area (Å²) in [6, 6.07) is 11.8. The maximum Gasteiger partial charge on any atom is 0.220 e. The highest BCUT2D eigenvalue weighted by Gasteiger charge is 2.40. The number of carbonyl (C=O) groups excluding carboxylic acids is 1. The van der Waals surface area contributed by atoms with Crippen molar-refractivity contribution in [2.45, 2.75) is 52.2 Å². The molecule has 1 amide bonds. The van der Waals surface area contributed by atoms with Crippen molar-refractivity contribution >= 4 is 17.5 Å². The van der Waals surface area contributed by atoms with Crippen LogP contribution in [0.4, 0.5) is 0 Å². The largest absolute Gasteiger partial charge is 0.378 e. The van der Waals surface area contributed by atoms with Gasteiger partial charge in [-0.1, -0.05) is 49.7 Å². The molecule has 1 N–H and O–H groups in total. The van der Waals surface area contributed by atoms with Crippen molar-refractivity contribution in [3.8, 4) is 0 Å². The molecule has 1 saturated heterocycles. The first-order valence-electron chi connectivity index (χ1n) is 9.98. The number of aromatic nitrogens is 1. The highest BCUT2D eigenvalue weighted by atomic mass is 35.5. The standard InChI is InChI=1S/C23H29ClN2O2/c1-17(2)21-13-23(9-11-28-21,12-19-7-3-4-8-20(19)24)14-22(27)26-16-18-6-5-10-25-15-18/h3-8,10,15,17,21H,9,11-14,16H2,1-2H3,(H,26,27)/t21-,23+/m0/s1. The van der Waals surface area contributed by atoms with Gasteiger partial charge in [0.05, 0.1) is 6.10 Å². The van der Waals surface area contributed by atoms with Crippen molar-refractivity contribution in [1.82, 2.24) is 10.3 Å². The quantitative estimate of drug-likeness (QED) is 0.725. The highest BCUT2D eigenvalue weighted by Crippen LogP contribution is 2.42. The third kappa shape index (κ3) is 5.55. The van der Waals surface area contributed by atoms with Gasteiger partial charge in [0.1, 0.15) is 0 Å². The minimum absolute atomic E-state index is 0.0697. The smallest absolute Gasteiger partial charge is 0.220 e. The number of pyridine rings is 1. The van der Waals surface area contributed by atoms with Gasteiger partial charge in [0.25, 0.3) is 0 Å². The summed E-state index contributed by atoms with van der Waals surface area (Å²) in [5.74, 6) is 0.490. The molecule has 2 aromatic rings. The SMILES string of the molecule is CC(C)[C@@H]1C[C@](CC(=O)NCc2cccnc2)(Cc2ccccc2Cl)CCO1. The summed E-state index contributed by atoms with van der Waals surface area (Å²) in [4.78, 5) is 16.9. The van der Waals surface area contributed by atoms with Gasteiger partial charge in [-0.15, -0.1) is 0 Å². The highest BCUT2D eigenvalue weighted by molar-refractivity contribution is 6.31. The summed E-state index contributed by atoms with van der Waals surface area (Å²) < 4.78 is 6.00. The molecule has 0 spiro atoms. The van der Waals surface area contributed by atoms with Gasteiger partial charge in [-0.05, 0) is 53.9 Å². The van der Waals surface area contributed by atoms with Gasteiger partial charge < -0.3 is 10.1 Å². The molecule has 1 aromatic heterocycles. The van der Waals surface area contributed by atoms with Gasteiger partial charge in [0.2, 0.25) is 5.91 Å². The number of halogens is 1. The Balaban J connectivity index is 1.74.